The monoisotopic (exact) mass is 322 g/mol. The van der Waals surface area contributed by atoms with E-state index in [0.29, 0.717) is 13.1 Å². The molecular formula is C19H18N2OS. The first kappa shape index (κ1) is 15.4. The third-order valence-corrected chi connectivity index (χ3v) is 4.43. The Morgan fingerprint density at radius 2 is 1.91 bits per heavy atom. The summed E-state index contributed by atoms with van der Waals surface area (Å²) in [7, 11) is 0. The standard InChI is InChI=1S/C19H18N2OS/c1-15-6-2-3-8-18(15)19(22)21(12-16-9-11-23-14-16)13-17-7-4-5-10-20-17/h2-11,14H,12-13H2,1H3. The van der Waals surface area contributed by atoms with E-state index in [0.717, 1.165) is 22.4 Å². The van der Waals surface area contributed by atoms with Crippen molar-refractivity contribution in [2.75, 3.05) is 0 Å². The largest absolute Gasteiger partial charge is 0.328 e. The van der Waals surface area contributed by atoms with Crippen LogP contribution in [0.2, 0.25) is 0 Å². The minimum absolute atomic E-state index is 0.0416. The Balaban J connectivity index is 1.88. The number of benzene rings is 1. The third kappa shape index (κ3) is 3.85. The van der Waals surface area contributed by atoms with E-state index < -0.39 is 0 Å². The number of hydrogen-bond donors (Lipinski definition) is 0. The van der Waals surface area contributed by atoms with Gasteiger partial charge in [-0.05, 0) is 53.1 Å². The minimum Gasteiger partial charge on any atom is -0.328 e. The second kappa shape index (κ2) is 7.20. The maximum atomic E-state index is 13.0. The van der Waals surface area contributed by atoms with Crippen molar-refractivity contribution >= 4 is 17.2 Å². The van der Waals surface area contributed by atoms with E-state index in [2.05, 4.69) is 16.4 Å². The van der Waals surface area contributed by atoms with Crippen LogP contribution in [0.4, 0.5) is 0 Å². The van der Waals surface area contributed by atoms with Crippen molar-refractivity contribution in [2.45, 2.75) is 20.0 Å². The van der Waals surface area contributed by atoms with Gasteiger partial charge in [0.2, 0.25) is 0 Å². The smallest absolute Gasteiger partial charge is 0.254 e. The highest BCUT2D eigenvalue weighted by molar-refractivity contribution is 7.07. The molecule has 2 aromatic heterocycles. The molecule has 1 aromatic carbocycles. The van der Waals surface area contributed by atoms with Gasteiger partial charge in [0.05, 0.1) is 12.2 Å². The van der Waals surface area contributed by atoms with Gasteiger partial charge in [-0.2, -0.15) is 11.3 Å². The topological polar surface area (TPSA) is 33.2 Å². The summed E-state index contributed by atoms with van der Waals surface area (Å²) < 4.78 is 0. The highest BCUT2D eigenvalue weighted by Gasteiger charge is 2.18. The number of aromatic nitrogens is 1. The van der Waals surface area contributed by atoms with Gasteiger partial charge in [-0.1, -0.05) is 24.3 Å². The van der Waals surface area contributed by atoms with Crippen molar-refractivity contribution in [3.8, 4) is 0 Å². The van der Waals surface area contributed by atoms with Crippen LogP contribution in [0.25, 0.3) is 0 Å². The predicted octanol–water partition coefficient (Wildman–Crippen LogP) is 4.29. The molecule has 1 amide bonds. The van der Waals surface area contributed by atoms with E-state index >= 15 is 0 Å². The molecule has 0 radical (unpaired) electrons. The maximum absolute atomic E-state index is 13.0. The summed E-state index contributed by atoms with van der Waals surface area (Å²) in [4.78, 5) is 19.2. The fourth-order valence-corrected chi connectivity index (χ4v) is 3.13. The molecule has 0 aliphatic carbocycles. The zero-order valence-corrected chi connectivity index (χ0v) is 13.8. The normalized spacial score (nSPS) is 10.5. The summed E-state index contributed by atoms with van der Waals surface area (Å²) in [5, 5.41) is 4.11. The Morgan fingerprint density at radius 3 is 2.61 bits per heavy atom. The molecule has 116 valence electrons. The van der Waals surface area contributed by atoms with Gasteiger partial charge in [0.1, 0.15) is 0 Å². The molecule has 0 saturated heterocycles. The molecule has 4 heteroatoms. The lowest BCUT2D eigenvalue weighted by Crippen LogP contribution is -2.30. The third-order valence-electron chi connectivity index (χ3n) is 3.70. The fourth-order valence-electron chi connectivity index (χ4n) is 2.47. The lowest BCUT2D eigenvalue weighted by Gasteiger charge is -2.23. The molecule has 2 heterocycles. The van der Waals surface area contributed by atoms with Crippen LogP contribution in [0.1, 0.15) is 27.2 Å². The van der Waals surface area contributed by atoms with Crippen molar-refractivity contribution in [2.24, 2.45) is 0 Å². The Labute approximate surface area is 140 Å². The minimum atomic E-state index is 0.0416. The zero-order valence-electron chi connectivity index (χ0n) is 13.0. The molecule has 0 unspecified atom stereocenters. The number of carbonyl (C=O) groups excluding carboxylic acids is 1. The summed E-state index contributed by atoms with van der Waals surface area (Å²) in [6, 6.07) is 15.6. The number of nitrogens with zero attached hydrogens (tertiary/aromatic N) is 2. The quantitative estimate of drug-likeness (QED) is 0.702. The number of thiophene rings is 1. The van der Waals surface area contributed by atoms with Crippen LogP contribution in [0.15, 0.2) is 65.5 Å². The predicted molar refractivity (Wildman–Crippen MR) is 93.3 cm³/mol. The van der Waals surface area contributed by atoms with Crippen LogP contribution >= 0.6 is 11.3 Å². The van der Waals surface area contributed by atoms with E-state index in [9.17, 15) is 4.79 Å². The van der Waals surface area contributed by atoms with E-state index in [1.165, 1.54) is 0 Å². The maximum Gasteiger partial charge on any atom is 0.254 e. The number of carbonyl (C=O) groups is 1. The molecule has 0 aliphatic rings. The molecule has 0 bridgehead atoms. The van der Waals surface area contributed by atoms with Crippen LogP contribution in [0, 0.1) is 6.92 Å². The van der Waals surface area contributed by atoms with Gasteiger partial charge in [0, 0.05) is 18.3 Å². The summed E-state index contributed by atoms with van der Waals surface area (Å²) in [6.07, 6.45) is 1.76. The highest BCUT2D eigenvalue weighted by Crippen LogP contribution is 2.17. The SMILES string of the molecule is Cc1ccccc1C(=O)N(Cc1ccsc1)Cc1ccccn1. The lowest BCUT2D eigenvalue weighted by atomic mass is 10.1. The number of amides is 1. The molecule has 0 saturated carbocycles. The molecule has 3 nitrogen and oxygen atoms in total. The summed E-state index contributed by atoms with van der Waals surface area (Å²) in [6.45, 7) is 3.06. The van der Waals surface area contributed by atoms with Crippen molar-refractivity contribution < 1.29 is 4.79 Å². The second-order valence-electron chi connectivity index (χ2n) is 5.43. The van der Waals surface area contributed by atoms with Crippen LogP contribution in [-0.4, -0.2) is 15.8 Å². The Bertz CT molecular complexity index is 769. The van der Waals surface area contributed by atoms with Gasteiger partial charge in [-0.3, -0.25) is 9.78 Å². The molecular weight excluding hydrogens is 304 g/mol. The summed E-state index contributed by atoms with van der Waals surface area (Å²) in [5.41, 5.74) is 3.78. The van der Waals surface area contributed by atoms with Gasteiger partial charge in [-0.15, -0.1) is 0 Å². The average Bonchev–Trinajstić information content (AvgIpc) is 3.08. The first-order valence-corrected chi connectivity index (χ1v) is 8.44. The van der Waals surface area contributed by atoms with Crippen molar-refractivity contribution in [3.63, 3.8) is 0 Å². The highest BCUT2D eigenvalue weighted by atomic mass is 32.1. The first-order chi connectivity index (χ1) is 11.2. The molecule has 0 fully saturated rings. The van der Waals surface area contributed by atoms with E-state index in [1.54, 1.807) is 17.5 Å². The van der Waals surface area contributed by atoms with Gasteiger partial charge in [0.15, 0.2) is 0 Å². The van der Waals surface area contributed by atoms with E-state index in [4.69, 9.17) is 0 Å². The van der Waals surface area contributed by atoms with Gasteiger partial charge >= 0.3 is 0 Å². The number of aryl methyl sites for hydroxylation is 1. The van der Waals surface area contributed by atoms with Crippen LogP contribution in [0.3, 0.4) is 0 Å². The summed E-state index contributed by atoms with van der Waals surface area (Å²) in [5.74, 6) is 0.0416. The number of hydrogen-bond acceptors (Lipinski definition) is 3. The molecule has 0 aliphatic heterocycles. The zero-order chi connectivity index (χ0) is 16.1. The second-order valence-corrected chi connectivity index (χ2v) is 6.21. The average molecular weight is 322 g/mol. The van der Waals surface area contributed by atoms with Crippen LogP contribution in [0.5, 0.6) is 0 Å². The van der Waals surface area contributed by atoms with Gasteiger partial charge in [-0.25, -0.2) is 0 Å². The summed E-state index contributed by atoms with van der Waals surface area (Å²) >= 11 is 1.64. The molecule has 0 spiro atoms. The Kier molecular flexibility index (Phi) is 4.83. The fraction of sp³-hybridized carbons (Fsp3) is 0.158. The molecule has 0 N–H and O–H groups in total. The van der Waals surface area contributed by atoms with Gasteiger partial charge < -0.3 is 4.90 Å². The molecule has 23 heavy (non-hydrogen) atoms. The van der Waals surface area contributed by atoms with Crippen molar-refractivity contribution in [1.29, 1.82) is 0 Å². The molecule has 3 rings (SSSR count). The van der Waals surface area contributed by atoms with Gasteiger partial charge in [0.25, 0.3) is 5.91 Å². The Hall–Kier alpha value is -2.46. The Morgan fingerprint density at radius 1 is 1.09 bits per heavy atom. The number of rotatable bonds is 5. The first-order valence-electron chi connectivity index (χ1n) is 7.50. The van der Waals surface area contributed by atoms with E-state index in [1.807, 2.05) is 59.7 Å². The lowest BCUT2D eigenvalue weighted by molar-refractivity contribution is 0.0727. The molecule has 0 atom stereocenters. The number of pyridine rings is 1. The van der Waals surface area contributed by atoms with Crippen LogP contribution in [-0.2, 0) is 13.1 Å². The van der Waals surface area contributed by atoms with Crippen molar-refractivity contribution in [1.82, 2.24) is 9.88 Å². The van der Waals surface area contributed by atoms with Crippen molar-refractivity contribution in [3.05, 3.63) is 87.9 Å². The molecule has 3 aromatic rings. The van der Waals surface area contributed by atoms with E-state index in [-0.39, 0.29) is 5.91 Å². The van der Waals surface area contributed by atoms with Crippen LogP contribution < -0.4 is 0 Å².